The van der Waals surface area contributed by atoms with Crippen LogP contribution in [0.3, 0.4) is 0 Å². The van der Waals surface area contributed by atoms with Gasteiger partial charge in [0, 0.05) is 17.1 Å². The van der Waals surface area contributed by atoms with E-state index in [0.29, 0.717) is 6.07 Å². The average molecular weight is 246 g/mol. The molecule has 0 aliphatic carbocycles. The van der Waals surface area contributed by atoms with Gasteiger partial charge >= 0.3 is 6.18 Å². The lowest BCUT2D eigenvalue weighted by atomic mass is 10.1. The molecule has 1 aromatic carbocycles. The van der Waals surface area contributed by atoms with Gasteiger partial charge in [-0.3, -0.25) is 4.79 Å². The van der Waals surface area contributed by atoms with Crippen LogP contribution in [0.4, 0.5) is 23.2 Å². The first-order valence-electron chi connectivity index (χ1n) is 4.48. The second-order valence-electron chi connectivity index (χ2n) is 3.47. The number of nitrogen functional groups attached to an aromatic ring is 1. The number of nitrogens with two attached hydrogens (primary N) is 1. The second kappa shape index (κ2) is 3.47. The molecule has 0 fully saturated rings. The largest absolute Gasteiger partial charge is 0.417 e. The van der Waals surface area contributed by atoms with Crippen molar-refractivity contribution in [3.8, 4) is 0 Å². The summed E-state index contributed by atoms with van der Waals surface area (Å²) in [5.41, 5.74) is 2.40. The second-order valence-corrected chi connectivity index (χ2v) is 3.47. The van der Waals surface area contributed by atoms with Crippen molar-refractivity contribution in [2.75, 3.05) is 5.73 Å². The van der Waals surface area contributed by atoms with E-state index in [0.717, 1.165) is 12.1 Å². The number of anilines is 1. The minimum Gasteiger partial charge on any atom is -0.399 e. The van der Waals surface area contributed by atoms with Crippen molar-refractivity contribution in [2.45, 2.75) is 6.18 Å². The van der Waals surface area contributed by atoms with Crippen molar-refractivity contribution >= 4 is 16.6 Å². The van der Waals surface area contributed by atoms with Gasteiger partial charge in [-0.2, -0.15) is 13.2 Å². The fraction of sp³-hybridized carbons (Fsp3) is 0.100. The van der Waals surface area contributed by atoms with Crippen LogP contribution in [0.25, 0.3) is 10.9 Å². The summed E-state index contributed by atoms with van der Waals surface area (Å²) in [7, 11) is 0. The molecule has 0 spiro atoms. The van der Waals surface area contributed by atoms with Crippen molar-refractivity contribution in [3.05, 3.63) is 39.9 Å². The van der Waals surface area contributed by atoms with E-state index in [1.54, 1.807) is 0 Å². The molecule has 0 aliphatic rings. The number of hydrogen-bond acceptors (Lipinski definition) is 2. The van der Waals surface area contributed by atoms with E-state index in [1.165, 1.54) is 0 Å². The number of nitrogens with one attached hydrogen (secondary N) is 1. The first-order chi connectivity index (χ1) is 7.79. The van der Waals surface area contributed by atoms with Crippen LogP contribution in [-0.2, 0) is 6.18 Å². The first-order valence-corrected chi connectivity index (χ1v) is 4.48. The Morgan fingerprint density at radius 3 is 2.41 bits per heavy atom. The third kappa shape index (κ3) is 1.95. The Balaban J connectivity index is 2.98. The van der Waals surface area contributed by atoms with Crippen molar-refractivity contribution < 1.29 is 17.6 Å². The van der Waals surface area contributed by atoms with Crippen molar-refractivity contribution in [1.82, 2.24) is 4.98 Å². The quantitative estimate of drug-likeness (QED) is 0.553. The van der Waals surface area contributed by atoms with Gasteiger partial charge in [0.25, 0.3) is 0 Å². The normalized spacial score (nSPS) is 12.0. The number of benzene rings is 1. The number of alkyl halides is 3. The highest BCUT2D eigenvalue weighted by atomic mass is 19.4. The van der Waals surface area contributed by atoms with Crippen LogP contribution in [0.5, 0.6) is 0 Å². The smallest absolute Gasteiger partial charge is 0.399 e. The average Bonchev–Trinajstić information content (AvgIpc) is 2.16. The number of halogens is 4. The van der Waals surface area contributed by atoms with E-state index in [2.05, 4.69) is 0 Å². The Hall–Kier alpha value is -2.05. The molecular weight excluding hydrogens is 240 g/mol. The zero-order chi connectivity index (χ0) is 12.8. The van der Waals surface area contributed by atoms with Gasteiger partial charge in [-0.25, -0.2) is 4.39 Å². The molecular formula is C10H6F4N2O. The summed E-state index contributed by atoms with van der Waals surface area (Å²) >= 11 is 0. The number of H-pyrrole nitrogens is 1. The topological polar surface area (TPSA) is 58.9 Å². The molecule has 7 heteroatoms. The van der Waals surface area contributed by atoms with Crippen molar-refractivity contribution in [2.24, 2.45) is 0 Å². The van der Waals surface area contributed by atoms with E-state index in [9.17, 15) is 22.4 Å². The lowest BCUT2D eigenvalue weighted by Crippen LogP contribution is -2.14. The molecule has 0 amide bonds. The van der Waals surface area contributed by atoms with Gasteiger partial charge in [0.15, 0.2) is 0 Å². The van der Waals surface area contributed by atoms with Crippen LogP contribution in [-0.4, -0.2) is 4.98 Å². The third-order valence-electron chi connectivity index (χ3n) is 2.23. The minimum atomic E-state index is -4.74. The van der Waals surface area contributed by atoms with Gasteiger partial charge in [-0.05, 0) is 12.1 Å². The molecule has 1 heterocycles. The Labute approximate surface area is 91.9 Å². The van der Waals surface area contributed by atoms with E-state index < -0.39 is 34.0 Å². The first kappa shape index (κ1) is 11.4. The van der Waals surface area contributed by atoms with E-state index in [1.807, 2.05) is 4.98 Å². The molecule has 0 atom stereocenters. The highest BCUT2D eigenvalue weighted by molar-refractivity contribution is 5.86. The lowest BCUT2D eigenvalue weighted by molar-refractivity contribution is -0.136. The van der Waals surface area contributed by atoms with Crippen LogP contribution in [0.1, 0.15) is 5.56 Å². The number of pyridine rings is 1. The van der Waals surface area contributed by atoms with Gasteiger partial charge in [0.1, 0.15) is 5.82 Å². The molecule has 3 N–H and O–H groups in total. The molecule has 0 radical (unpaired) electrons. The molecule has 0 aliphatic heterocycles. The summed E-state index contributed by atoms with van der Waals surface area (Å²) in [4.78, 5) is 13.0. The predicted molar refractivity (Wildman–Crippen MR) is 53.9 cm³/mol. The summed E-state index contributed by atoms with van der Waals surface area (Å²) in [6.45, 7) is 0. The minimum absolute atomic E-state index is 0.146. The molecule has 17 heavy (non-hydrogen) atoms. The van der Waals surface area contributed by atoms with E-state index in [4.69, 9.17) is 5.73 Å². The molecule has 0 saturated heterocycles. The Morgan fingerprint density at radius 1 is 1.18 bits per heavy atom. The highest BCUT2D eigenvalue weighted by Crippen LogP contribution is 2.34. The molecule has 0 saturated carbocycles. The van der Waals surface area contributed by atoms with Crippen LogP contribution in [0.15, 0.2) is 23.0 Å². The summed E-state index contributed by atoms with van der Waals surface area (Å²) in [5, 5.41) is -0.463. The van der Waals surface area contributed by atoms with Gasteiger partial charge < -0.3 is 10.7 Å². The Morgan fingerprint density at radius 2 is 1.82 bits per heavy atom. The van der Waals surface area contributed by atoms with Gasteiger partial charge in [0.05, 0.1) is 11.1 Å². The zero-order valence-electron chi connectivity index (χ0n) is 8.23. The standard InChI is InChI=1S/C10H6F4N2O/c11-7-2-4(15)1-5-6(10(12,13)14)3-8(17)16-9(5)7/h1-3H,15H2,(H,16,17). The Kier molecular flexibility index (Phi) is 2.34. The number of aromatic amines is 1. The van der Waals surface area contributed by atoms with E-state index in [-0.39, 0.29) is 5.69 Å². The van der Waals surface area contributed by atoms with Crippen LogP contribution >= 0.6 is 0 Å². The molecule has 3 nitrogen and oxygen atoms in total. The van der Waals surface area contributed by atoms with Gasteiger partial charge in [-0.15, -0.1) is 0 Å². The van der Waals surface area contributed by atoms with Crippen LogP contribution in [0, 0.1) is 5.82 Å². The number of fused-ring (bicyclic) bond motifs is 1. The lowest BCUT2D eigenvalue weighted by Gasteiger charge is -2.10. The van der Waals surface area contributed by atoms with E-state index >= 15 is 0 Å². The van der Waals surface area contributed by atoms with Crippen LogP contribution in [0.2, 0.25) is 0 Å². The molecule has 1 aromatic heterocycles. The molecule has 2 aromatic rings. The SMILES string of the molecule is Nc1cc(F)c2[nH]c(=O)cc(C(F)(F)F)c2c1. The van der Waals surface area contributed by atoms with Gasteiger partial charge in [-0.1, -0.05) is 0 Å². The molecule has 0 bridgehead atoms. The predicted octanol–water partition coefficient (Wildman–Crippen LogP) is 2.27. The number of hydrogen-bond donors (Lipinski definition) is 2. The van der Waals surface area contributed by atoms with Crippen LogP contribution < -0.4 is 11.3 Å². The summed E-state index contributed by atoms with van der Waals surface area (Å²) in [6.07, 6.45) is -4.74. The maximum Gasteiger partial charge on any atom is 0.417 e. The maximum atomic E-state index is 13.4. The molecule has 90 valence electrons. The highest BCUT2D eigenvalue weighted by Gasteiger charge is 2.33. The van der Waals surface area contributed by atoms with Gasteiger partial charge in [0.2, 0.25) is 5.56 Å². The summed E-state index contributed by atoms with van der Waals surface area (Å²) in [6, 6.07) is 2.19. The fourth-order valence-corrected chi connectivity index (χ4v) is 1.57. The third-order valence-corrected chi connectivity index (χ3v) is 2.23. The van der Waals surface area contributed by atoms with Crippen molar-refractivity contribution in [1.29, 1.82) is 0 Å². The zero-order valence-corrected chi connectivity index (χ0v) is 8.23. The molecule has 2 rings (SSSR count). The molecule has 0 unspecified atom stereocenters. The monoisotopic (exact) mass is 246 g/mol. The fourth-order valence-electron chi connectivity index (χ4n) is 1.57. The maximum absolute atomic E-state index is 13.4. The summed E-state index contributed by atoms with van der Waals surface area (Å²) < 4.78 is 51.3. The van der Waals surface area contributed by atoms with Crippen molar-refractivity contribution in [3.63, 3.8) is 0 Å². The Bertz CT molecular complexity index is 645. The number of rotatable bonds is 0. The summed E-state index contributed by atoms with van der Waals surface area (Å²) in [5.74, 6) is -0.997. The number of aromatic nitrogens is 1.